The molecule has 0 radical (unpaired) electrons. The minimum Gasteiger partial charge on any atom is -0.310 e. The second-order valence-electron chi connectivity index (χ2n) is 4.78. The maximum absolute atomic E-state index is 11.8. The lowest BCUT2D eigenvalue weighted by Crippen LogP contribution is -2.30. The van der Waals surface area contributed by atoms with Gasteiger partial charge in [-0.1, -0.05) is 25.1 Å². The minimum atomic E-state index is -0.253. The van der Waals surface area contributed by atoms with Crippen molar-refractivity contribution in [2.24, 2.45) is 0 Å². The van der Waals surface area contributed by atoms with E-state index < -0.39 is 0 Å². The maximum atomic E-state index is 11.8. The van der Waals surface area contributed by atoms with Gasteiger partial charge in [0.1, 0.15) is 11.9 Å². The Morgan fingerprint density at radius 1 is 1.33 bits per heavy atom. The number of amidine groups is 1. The van der Waals surface area contributed by atoms with E-state index in [-0.39, 0.29) is 17.9 Å². The highest BCUT2D eigenvalue weighted by atomic mass is 16.2. The molecule has 1 aliphatic heterocycles. The number of carbonyl (C=O) groups excluding carboxylic acids is 1. The number of hydrogen-bond donors (Lipinski definition) is 2. The second-order valence-corrected chi connectivity index (χ2v) is 4.78. The number of amides is 2. The van der Waals surface area contributed by atoms with E-state index in [0.717, 1.165) is 12.0 Å². The molecule has 0 spiro atoms. The Kier molecular flexibility index (Phi) is 3.36. The molecule has 1 aromatic carbocycles. The van der Waals surface area contributed by atoms with Crippen LogP contribution in [-0.2, 0) is 0 Å². The Balaban J connectivity index is 2.37. The smallest absolute Gasteiger partial charge is 0.310 e. The van der Waals surface area contributed by atoms with Gasteiger partial charge in [0.25, 0.3) is 0 Å². The van der Waals surface area contributed by atoms with Gasteiger partial charge < -0.3 is 4.90 Å². The monoisotopic (exact) mass is 245 g/mol. The summed E-state index contributed by atoms with van der Waals surface area (Å²) in [5.74, 6) is 0.275. The summed E-state index contributed by atoms with van der Waals surface area (Å²) >= 11 is 0. The molecule has 1 unspecified atom stereocenters. The van der Waals surface area contributed by atoms with Crippen molar-refractivity contribution in [2.45, 2.75) is 33.2 Å². The zero-order chi connectivity index (χ0) is 13.3. The molecule has 2 rings (SSSR count). The highest BCUT2D eigenvalue weighted by molar-refractivity contribution is 6.06. The van der Waals surface area contributed by atoms with Crippen LogP contribution in [0.5, 0.6) is 0 Å². The number of benzene rings is 1. The summed E-state index contributed by atoms with van der Waals surface area (Å²) < 4.78 is 0. The summed E-state index contributed by atoms with van der Waals surface area (Å²) in [6.45, 7) is 6.82. The average molecular weight is 245 g/mol. The van der Waals surface area contributed by atoms with Crippen LogP contribution in [0.2, 0.25) is 0 Å². The van der Waals surface area contributed by atoms with Gasteiger partial charge in [-0.2, -0.15) is 0 Å². The van der Waals surface area contributed by atoms with E-state index in [4.69, 9.17) is 5.41 Å². The van der Waals surface area contributed by atoms with E-state index in [2.05, 4.69) is 25.2 Å². The summed E-state index contributed by atoms with van der Waals surface area (Å²) in [5.41, 5.74) is 3.43. The number of nitrogens with one attached hydrogen (secondary N) is 2. The molecule has 4 nitrogen and oxygen atoms in total. The van der Waals surface area contributed by atoms with Crippen molar-refractivity contribution < 1.29 is 4.79 Å². The van der Waals surface area contributed by atoms with Gasteiger partial charge in [-0.25, -0.2) is 4.79 Å². The Morgan fingerprint density at radius 3 is 2.67 bits per heavy atom. The fourth-order valence-electron chi connectivity index (χ4n) is 2.28. The molecule has 96 valence electrons. The molecular formula is C14H19N3O. The fourth-order valence-corrected chi connectivity index (χ4v) is 2.28. The zero-order valence-corrected chi connectivity index (χ0v) is 11.1. The van der Waals surface area contributed by atoms with E-state index in [1.807, 2.05) is 19.1 Å². The topological polar surface area (TPSA) is 56.2 Å². The first-order valence-corrected chi connectivity index (χ1v) is 6.27. The Morgan fingerprint density at radius 2 is 2.06 bits per heavy atom. The van der Waals surface area contributed by atoms with Crippen molar-refractivity contribution in [1.29, 1.82) is 5.41 Å². The molecule has 1 atom stereocenters. The van der Waals surface area contributed by atoms with Crippen LogP contribution in [0.1, 0.15) is 36.1 Å². The Hall–Kier alpha value is -1.84. The summed E-state index contributed by atoms with van der Waals surface area (Å²) in [7, 11) is 0. The molecule has 18 heavy (non-hydrogen) atoms. The van der Waals surface area contributed by atoms with Crippen LogP contribution >= 0.6 is 0 Å². The first kappa shape index (κ1) is 12.6. The molecule has 4 heteroatoms. The maximum Gasteiger partial charge on any atom is 0.323 e. The number of carbonyl (C=O) groups is 1. The molecule has 2 N–H and O–H groups in total. The number of aryl methyl sites for hydroxylation is 2. The third-order valence-electron chi connectivity index (χ3n) is 3.40. The van der Waals surface area contributed by atoms with Crippen LogP contribution in [0.25, 0.3) is 0 Å². The number of urea groups is 1. The molecule has 0 aromatic heterocycles. The van der Waals surface area contributed by atoms with Crippen molar-refractivity contribution in [3.05, 3.63) is 34.9 Å². The SMILES string of the molecule is CCCN1C(=O)NC(=N)C1c1ccc(C)c(C)c1. The van der Waals surface area contributed by atoms with Gasteiger partial charge in [-0.05, 0) is 37.0 Å². The van der Waals surface area contributed by atoms with Crippen LogP contribution in [0.3, 0.4) is 0 Å². The predicted octanol–water partition coefficient (Wildman–Crippen LogP) is 2.76. The standard InChI is InChI=1S/C14H19N3O/c1-4-7-17-12(13(15)16-14(17)18)11-6-5-9(2)10(3)8-11/h5-6,8,12H,4,7H2,1-3H3,(H2,15,16,18). The summed E-state index contributed by atoms with van der Waals surface area (Å²) in [5, 5.41) is 10.5. The molecule has 0 saturated carbocycles. The van der Waals surface area contributed by atoms with Crippen molar-refractivity contribution in [3.63, 3.8) is 0 Å². The Bertz CT molecular complexity index is 496. The molecule has 1 aromatic rings. The number of rotatable bonds is 3. The van der Waals surface area contributed by atoms with Crippen molar-refractivity contribution in [2.75, 3.05) is 6.54 Å². The minimum absolute atomic E-state index is 0.162. The third-order valence-corrected chi connectivity index (χ3v) is 3.40. The molecular weight excluding hydrogens is 226 g/mol. The van der Waals surface area contributed by atoms with E-state index in [1.54, 1.807) is 4.90 Å². The molecule has 1 saturated heterocycles. The molecule has 0 aliphatic carbocycles. The van der Waals surface area contributed by atoms with Gasteiger partial charge in [-0.15, -0.1) is 0 Å². The van der Waals surface area contributed by atoms with Crippen LogP contribution in [0.4, 0.5) is 4.79 Å². The van der Waals surface area contributed by atoms with Gasteiger partial charge in [0.2, 0.25) is 0 Å². The molecule has 1 aliphatic rings. The molecule has 0 bridgehead atoms. The predicted molar refractivity (Wildman–Crippen MR) is 71.9 cm³/mol. The van der Waals surface area contributed by atoms with E-state index in [0.29, 0.717) is 6.54 Å². The van der Waals surface area contributed by atoms with Crippen LogP contribution in [-0.4, -0.2) is 23.3 Å². The lowest BCUT2D eigenvalue weighted by Gasteiger charge is -2.22. The van der Waals surface area contributed by atoms with Crippen LogP contribution in [0, 0.1) is 19.3 Å². The van der Waals surface area contributed by atoms with Gasteiger partial charge in [0.05, 0.1) is 0 Å². The summed E-state index contributed by atoms with van der Waals surface area (Å²) in [4.78, 5) is 13.5. The molecule has 1 heterocycles. The fraction of sp³-hybridized carbons (Fsp3) is 0.429. The zero-order valence-electron chi connectivity index (χ0n) is 11.1. The van der Waals surface area contributed by atoms with E-state index in [9.17, 15) is 4.79 Å². The van der Waals surface area contributed by atoms with Crippen molar-refractivity contribution in [1.82, 2.24) is 10.2 Å². The summed E-state index contributed by atoms with van der Waals surface area (Å²) in [6, 6.07) is 5.70. The number of hydrogen-bond acceptors (Lipinski definition) is 2. The quantitative estimate of drug-likeness (QED) is 0.845. The first-order chi connectivity index (χ1) is 8.54. The third kappa shape index (κ3) is 2.10. The average Bonchev–Trinajstić information content (AvgIpc) is 2.59. The largest absolute Gasteiger partial charge is 0.323 e. The van der Waals surface area contributed by atoms with Crippen LogP contribution in [0.15, 0.2) is 18.2 Å². The van der Waals surface area contributed by atoms with Gasteiger partial charge in [0.15, 0.2) is 0 Å². The van der Waals surface area contributed by atoms with E-state index >= 15 is 0 Å². The lowest BCUT2D eigenvalue weighted by atomic mass is 10.00. The highest BCUT2D eigenvalue weighted by Gasteiger charge is 2.36. The number of nitrogens with zero attached hydrogens (tertiary/aromatic N) is 1. The summed E-state index contributed by atoms with van der Waals surface area (Å²) in [6.07, 6.45) is 0.891. The van der Waals surface area contributed by atoms with Crippen LogP contribution < -0.4 is 5.32 Å². The van der Waals surface area contributed by atoms with Crippen molar-refractivity contribution >= 4 is 11.9 Å². The molecule has 1 fully saturated rings. The second kappa shape index (κ2) is 4.80. The normalized spacial score (nSPS) is 19.3. The van der Waals surface area contributed by atoms with Gasteiger partial charge in [-0.3, -0.25) is 10.7 Å². The van der Waals surface area contributed by atoms with Crippen molar-refractivity contribution in [3.8, 4) is 0 Å². The van der Waals surface area contributed by atoms with E-state index in [1.165, 1.54) is 11.1 Å². The van der Waals surface area contributed by atoms with Gasteiger partial charge >= 0.3 is 6.03 Å². The Labute approximate surface area is 108 Å². The first-order valence-electron chi connectivity index (χ1n) is 6.27. The highest BCUT2D eigenvalue weighted by Crippen LogP contribution is 2.27. The lowest BCUT2D eigenvalue weighted by molar-refractivity contribution is 0.206. The molecule has 2 amide bonds. The van der Waals surface area contributed by atoms with Gasteiger partial charge in [0, 0.05) is 6.54 Å².